The average Bonchev–Trinajstić information content (AvgIpc) is 2.77. The highest BCUT2D eigenvalue weighted by molar-refractivity contribution is 9.10. The molecule has 0 bridgehead atoms. The van der Waals surface area contributed by atoms with Gasteiger partial charge in [-0.2, -0.15) is 0 Å². The summed E-state index contributed by atoms with van der Waals surface area (Å²) in [7, 11) is 0. The smallest absolute Gasteiger partial charge is 0.352 e. The Bertz CT molecular complexity index is 622. The largest absolute Gasteiger partial charge is 0.477 e. The predicted octanol–water partition coefficient (Wildman–Crippen LogP) is 4.68. The fourth-order valence-electron chi connectivity index (χ4n) is 2.06. The number of aromatic nitrogens is 1. The summed E-state index contributed by atoms with van der Waals surface area (Å²) < 4.78 is 2.59. The summed E-state index contributed by atoms with van der Waals surface area (Å²) in [6.45, 7) is 2.67. The van der Waals surface area contributed by atoms with E-state index in [0.717, 1.165) is 22.2 Å². The number of rotatable bonds is 4. The van der Waals surface area contributed by atoms with Crippen molar-refractivity contribution in [1.29, 1.82) is 0 Å². The lowest BCUT2D eigenvalue weighted by atomic mass is 10.1. The third kappa shape index (κ3) is 2.69. The van der Waals surface area contributed by atoms with Gasteiger partial charge in [0.05, 0.1) is 5.02 Å². The normalized spacial score (nSPS) is 10.7. The first-order chi connectivity index (χ1) is 9.06. The Labute approximate surface area is 124 Å². The van der Waals surface area contributed by atoms with E-state index in [0.29, 0.717) is 17.3 Å². The van der Waals surface area contributed by atoms with Gasteiger partial charge in [0.25, 0.3) is 0 Å². The van der Waals surface area contributed by atoms with E-state index in [1.807, 2.05) is 25.1 Å². The zero-order chi connectivity index (χ0) is 14.0. The highest BCUT2D eigenvalue weighted by atomic mass is 79.9. The van der Waals surface area contributed by atoms with Crippen molar-refractivity contribution >= 4 is 33.5 Å². The zero-order valence-electron chi connectivity index (χ0n) is 10.4. The van der Waals surface area contributed by atoms with Gasteiger partial charge in [0.15, 0.2) is 0 Å². The SMILES string of the molecule is CCCn1c(C(=O)O)ccc1-c1cccc(Cl)c1Br. The molecule has 0 saturated carbocycles. The second-order valence-electron chi connectivity index (χ2n) is 4.16. The van der Waals surface area contributed by atoms with Crippen molar-refractivity contribution < 1.29 is 9.90 Å². The lowest BCUT2D eigenvalue weighted by Gasteiger charge is -2.12. The van der Waals surface area contributed by atoms with Crippen LogP contribution in [0, 0.1) is 0 Å². The third-order valence-corrected chi connectivity index (χ3v) is 4.27. The van der Waals surface area contributed by atoms with E-state index in [9.17, 15) is 9.90 Å². The number of nitrogens with zero attached hydrogens (tertiary/aromatic N) is 1. The van der Waals surface area contributed by atoms with Crippen molar-refractivity contribution in [2.24, 2.45) is 0 Å². The summed E-state index contributed by atoms with van der Waals surface area (Å²) in [4.78, 5) is 11.2. The molecule has 1 N–H and O–H groups in total. The van der Waals surface area contributed by atoms with E-state index in [1.165, 1.54) is 0 Å². The number of hydrogen-bond donors (Lipinski definition) is 1. The van der Waals surface area contributed by atoms with Crippen molar-refractivity contribution in [2.45, 2.75) is 19.9 Å². The molecule has 19 heavy (non-hydrogen) atoms. The monoisotopic (exact) mass is 341 g/mol. The summed E-state index contributed by atoms with van der Waals surface area (Å²) >= 11 is 9.55. The highest BCUT2D eigenvalue weighted by Gasteiger charge is 2.16. The standard InChI is InChI=1S/C14H13BrClNO2/c1-2-8-17-11(6-7-12(17)14(18)19)9-4-3-5-10(16)13(9)15/h3-7H,2,8H2,1H3,(H,18,19). The van der Waals surface area contributed by atoms with Crippen LogP contribution in [0.25, 0.3) is 11.3 Å². The van der Waals surface area contributed by atoms with E-state index in [-0.39, 0.29) is 0 Å². The molecule has 0 aliphatic heterocycles. The summed E-state index contributed by atoms with van der Waals surface area (Å²) in [6, 6.07) is 9.01. The fourth-order valence-corrected chi connectivity index (χ4v) is 2.70. The van der Waals surface area contributed by atoms with Crippen LogP contribution in [0.1, 0.15) is 23.8 Å². The summed E-state index contributed by atoms with van der Waals surface area (Å²) in [5.74, 6) is -0.919. The van der Waals surface area contributed by atoms with Crippen LogP contribution in [0.4, 0.5) is 0 Å². The van der Waals surface area contributed by atoms with Crippen molar-refractivity contribution in [3.8, 4) is 11.3 Å². The molecule has 0 atom stereocenters. The second kappa shape index (κ2) is 5.80. The van der Waals surface area contributed by atoms with E-state index in [1.54, 1.807) is 16.7 Å². The van der Waals surface area contributed by atoms with Gasteiger partial charge in [-0.15, -0.1) is 0 Å². The molecule has 0 aliphatic rings. The number of benzene rings is 1. The molecular formula is C14H13BrClNO2. The molecule has 1 aromatic carbocycles. The van der Waals surface area contributed by atoms with Gasteiger partial charge in [-0.25, -0.2) is 4.79 Å². The number of hydrogen-bond acceptors (Lipinski definition) is 1. The molecule has 1 heterocycles. The molecule has 0 saturated heterocycles. The molecule has 3 nitrogen and oxygen atoms in total. The van der Waals surface area contributed by atoms with Crippen LogP contribution in [0.15, 0.2) is 34.8 Å². The molecule has 0 aliphatic carbocycles. The van der Waals surface area contributed by atoms with Crippen LogP contribution in [0.2, 0.25) is 5.02 Å². The Kier molecular flexibility index (Phi) is 4.32. The second-order valence-corrected chi connectivity index (χ2v) is 5.36. The molecule has 1 aromatic heterocycles. The molecular weight excluding hydrogens is 330 g/mol. The maximum atomic E-state index is 11.2. The minimum Gasteiger partial charge on any atom is -0.477 e. The van der Waals surface area contributed by atoms with Gasteiger partial charge in [-0.1, -0.05) is 30.7 Å². The minimum atomic E-state index is -0.919. The zero-order valence-corrected chi connectivity index (χ0v) is 12.7. The number of carbonyl (C=O) groups is 1. The van der Waals surface area contributed by atoms with E-state index in [4.69, 9.17) is 11.6 Å². The summed E-state index contributed by atoms with van der Waals surface area (Å²) in [5, 5.41) is 9.83. The number of halogens is 2. The third-order valence-electron chi connectivity index (χ3n) is 2.87. The van der Waals surface area contributed by atoms with E-state index >= 15 is 0 Å². The first kappa shape index (κ1) is 14.2. The molecule has 2 rings (SSSR count). The predicted molar refractivity (Wildman–Crippen MR) is 79.8 cm³/mol. The summed E-state index contributed by atoms with van der Waals surface area (Å²) in [5.41, 5.74) is 2.05. The number of carboxylic acids is 1. The maximum Gasteiger partial charge on any atom is 0.352 e. The van der Waals surface area contributed by atoms with Gasteiger partial charge in [0.1, 0.15) is 5.69 Å². The number of carboxylic acid groups (broad SMARTS) is 1. The van der Waals surface area contributed by atoms with Crippen LogP contribution >= 0.6 is 27.5 Å². The molecule has 0 unspecified atom stereocenters. The maximum absolute atomic E-state index is 11.2. The van der Waals surface area contributed by atoms with Crippen LogP contribution in [-0.2, 0) is 6.54 Å². The van der Waals surface area contributed by atoms with Gasteiger partial charge >= 0.3 is 5.97 Å². The van der Waals surface area contributed by atoms with Crippen molar-refractivity contribution in [2.75, 3.05) is 0 Å². The molecule has 2 aromatic rings. The number of aromatic carboxylic acids is 1. The van der Waals surface area contributed by atoms with Crippen molar-refractivity contribution in [3.63, 3.8) is 0 Å². The fraction of sp³-hybridized carbons (Fsp3) is 0.214. The Balaban J connectivity index is 2.62. The summed E-state index contributed by atoms with van der Waals surface area (Å²) in [6.07, 6.45) is 0.861. The van der Waals surface area contributed by atoms with E-state index < -0.39 is 5.97 Å². The Morgan fingerprint density at radius 2 is 2.11 bits per heavy atom. The van der Waals surface area contributed by atoms with Crippen LogP contribution < -0.4 is 0 Å². The van der Waals surface area contributed by atoms with Crippen LogP contribution in [0.5, 0.6) is 0 Å². The highest BCUT2D eigenvalue weighted by Crippen LogP contribution is 2.34. The molecule has 0 radical (unpaired) electrons. The molecule has 5 heteroatoms. The van der Waals surface area contributed by atoms with Gasteiger partial charge in [-0.3, -0.25) is 0 Å². The molecule has 0 amide bonds. The van der Waals surface area contributed by atoms with Crippen molar-refractivity contribution in [3.05, 3.63) is 45.5 Å². The molecule has 0 fully saturated rings. The van der Waals surface area contributed by atoms with Gasteiger partial charge in [0.2, 0.25) is 0 Å². The first-order valence-corrected chi connectivity index (χ1v) is 7.10. The minimum absolute atomic E-state index is 0.295. The molecule has 100 valence electrons. The van der Waals surface area contributed by atoms with Crippen LogP contribution in [-0.4, -0.2) is 15.6 Å². The van der Waals surface area contributed by atoms with Crippen molar-refractivity contribution in [1.82, 2.24) is 4.57 Å². The Hall–Kier alpha value is -1.26. The topological polar surface area (TPSA) is 42.2 Å². The van der Waals surface area contributed by atoms with Gasteiger partial charge in [0, 0.05) is 22.3 Å². The van der Waals surface area contributed by atoms with Gasteiger partial charge in [-0.05, 0) is 40.5 Å². The average molecular weight is 343 g/mol. The Morgan fingerprint density at radius 1 is 1.37 bits per heavy atom. The Morgan fingerprint density at radius 3 is 2.74 bits per heavy atom. The first-order valence-electron chi connectivity index (χ1n) is 5.93. The lowest BCUT2D eigenvalue weighted by molar-refractivity contribution is 0.0685. The van der Waals surface area contributed by atoms with Gasteiger partial charge < -0.3 is 9.67 Å². The lowest BCUT2D eigenvalue weighted by Crippen LogP contribution is -2.09. The van der Waals surface area contributed by atoms with E-state index in [2.05, 4.69) is 15.9 Å². The quantitative estimate of drug-likeness (QED) is 0.876. The molecule has 0 spiro atoms. The van der Waals surface area contributed by atoms with Crippen LogP contribution in [0.3, 0.4) is 0 Å².